The van der Waals surface area contributed by atoms with Crippen LogP contribution >= 0.6 is 0 Å². The Bertz CT molecular complexity index is 1100. The van der Waals surface area contributed by atoms with Gasteiger partial charge in [0.15, 0.2) is 23.0 Å². The van der Waals surface area contributed by atoms with Crippen LogP contribution in [0.3, 0.4) is 0 Å². The average molecular weight is 364 g/mol. The van der Waals surface area contributed by atoms with Gasteiger partial charge >= 0.3 is 5.97 Å². The number of hydrogen-bond acceptors (Lipinski definition) is 6. The number of ether oxygens (including phenoxy) is 5. The average Bonchev–Trinajstić information content (AvgIpc) is 3.29. The Balaban J connectivity index is 1.83. The molecule has 5 rings (SSSR count). The lowest BCUT2D eigenvalue weighted by Crippen LogP contribution is -2.00. The first-order valence-corrected chi connectivity index (χ1v) is 8.50. The van der Waals surface area contributed by atoms with Crippen LogP contribution in [0.5, 0.6) is 28.7 Å². The van der Waals surface area contributed by atoms with Crippen LogP contribution in [0, 0.1) is 0 Å². The molecule has 0 N–H and O–H groups in total. The molecule has 0 atom stereocenters. The van der Waals surface area contributed by atoms with Crippen molar-refractivity contribution in [3.8, 4) is 39.9 Å². The fraction of sp³-hybridized carbons (Fsp3) is 0.190. The molecule has 6 heteroatoms. The van der Waals surface area contributed by atoms with Gasteiger partial charge in [0, 0.05) is 11.1 Å². The molecule has 2 heterocycles. The van der Waals surface area contributed by atoms with E-state index in [9.17, 15) is 4.79 Å². The summed E-state index contributed by atoms with van der Waals surface area (Å²) in [6.45, 7) is 0.201. The van der Waals surface area contributed by atoms with Crippen LogP contribution in [0.2, 0.25) is 0 Å². The largest absolute Gasteiger partial charge is 0.493 e. The highest BCUT2D eigenvalue weighted by Gasteiger charge is 2.28. The van der Waals surface area contributed by atoms with Crippen LogP contribution in [-0.4, -0.2) is 27.0 Å². The molecular weight excluding hydrogens is 348 g/mol. The second-order valence-corrected chi connectivity index (χ2v) is 6.39. The zero-order valence-corrected chi connectivity index (χ0v) is 14.8. The molecule has 0 unspecified atom stereocenters. The summed E-state index contributed by atoms with van der Waals surface area (Å²) >= 11 is 0. The van der Waals surface area contributed by atoms with E-state index in [4.69, 9.17) is 23.7 Å². The smallest absolute Gasteiger partial charge is 0.315 e. The maximum Gasteiger partial charge on any atom is 0.315 e. The predicted molar refractivity (Wildman–Crippen MR) is 98.0 cm³/mol. The van der Waals surface area contributed by atoms with E-state index in [1.165, 1.54) is 0 Å². The van der Waals surface area contributed by atoms with E-state index in [-0.39, 0.29) is 19.2 Å². The first-order valence-electron chi connectivity index (χ1n) is 8.50. The lowest BCUT2D eigenvalue weighted by molar-refractivity contribution is -0.131. The van der Waals surface area contributed by atoms with Crippen molar-refractivity contribution in [2.75, 3.05) is 21.0 Å². The van der Waals surface area contributed by atoms with E-state index in [0.29, 0.717) is 28.7 Å². The molecule has 136 valence electrons. The molecule has 0 aliphatic carbocycles. The molecule has 27 heavy (non-hydrogen) atoms. The second-order valence-electron chi connectivity index (χ2n) is 6.39. The molecule has 0 fully saturated rings. The fourth-order valence-corrected chi connectivity index (χ4v) is 3.66. The van der Waals surface area contributed by atoms with Gasteiger partial charge in [-0.1, -0.05) is 6.07 Å². The molecular formula is C21H16O6. The first-order chi connectivity index (χ1) is 13.2. The zero-order chi connectivity index (χ0) is 18.5. The van der Waals surface area contributed by atoms with Crippen molar-refractivity contribution >= 4 is 16.7 Å². The van der Waals surface area contributed by atoms with Crippen molar-refractivity contribution in [1.82, 2.24) is 0 Å². The van der Waals surface area contributed by atoms with Gasteiger partial charge in [0.25, 0.3) is 0 Å². The minimum atomic E-state index is -0.263. The Labute approximate surface area is 155 Å². The van der Waals surface area contributed by atoms with Gasteiger partial charge in [0.2, 0.25) is 6.79 Å². The number of fused-ring (bicyclic) bond motifs is 3. The maximum atomic E-state index is 12.0. The van der Waals surface area contributed by atoms with E-state index >= 15 is 0 Å². The summed E-state index contributed by atoms with van der Waals surface area (Å²) in [5, 5.41) is 1.84. The van der Waals surface area contributed by atoms with Crippen LogP contribution in [0.4, 0.5) is 0 Å². The lowest BCUT2D eigenvalue weighted by atomic mass is 9.93. The number of carbonyl (C=O) groups excluding carboxylic acids is 1. The summed E-state index contributed by atoms with van der Waals surface area (Å²) in [5.74, 6) is 2.93. The normalized spacial score (nSPS) is 14.2. The summed E-state index contributed by atoms with van der Waals surface area (Å²) in [4.78, 5) is 12.0. The van der Waals surface area contributed by atoms with Gasteiger partial charge in [0.1, 0.15) is 5.75 Å². The molecule has 0 bridgehead atoms. The quantitative estimate of drug-likeness (QED) is 0.521. The van der Waals surface area contributed by atoms with Gasteiger partial charge in [-0.05, 0) is 46.7 Å². The van der Waals surface area contributed by atoms with E-state index in [2.05, 4.69) is 0 Å². The van der Waals surface area contributed by atoms with E-state index in [1.54, 1.807) is 14.2 Å². The van der Waals surface area contributed by atoms with Crippen LogP contribution in [0.25, 0.3) is 21.9 Å². The predicted octanol–water partition coefficient (Wildman–Crippen LogP) is 3.71. The highest BCUT2D eigenvalue weighted by atomic mass is 16.7. The van der Waals surface area contributed by atoms with Crippen molar-refractivity contribution in [3.63, 3.8) is 0 Å². The molecule has 0 amide bonds. The Morgan fingerprint density at radius 3 is 2.52 bits per heavy atom. The molecule has 6 nitrogen and oxygen atoms in total. The Morgan fingerprint density at radius 1 is 0.926 bits per heavy atom. The van der Waals surface area contributed by atoms with E-state index in [1.807, 2.05) is 36.4 Å². The zero-order valence-electron chi connectivity index (χ0n) is 14.8. The van der Waals surface area contributed by atoms with Crippen molar-refractivity contribution in [2.45, 2.75) is 6.42 Å². The minimum absolute atomic E-state index is 0.201. The summed E-state index contributed by atoms with van der Waals surface area (Å²) < 4.78 is 27.4. The highest BCUT2D eigenvalue weighted by Crippen LogP contribution is 2.47. The molecule has 0 saturated heterocycles. The van der Waals surface area contributed by atoms with Gasteiger partial charge in [-0.15, -0.1) is 0 Å². The molecule has 3 aromatic rings. The van der Waals surface area contributed by atoms with Gasteiger partial charge in [0.05, 0.1) is 20.6 Å². The monoisotopic (exact) mass is 364 g/mol. The minimum Gasteiger partial charge on any atom is -0.493 e. The fourth-order valence-electron chi connectivity index (χ4n) is 3.66. The van der Waals surface area contributed by atoms with Crippen LogP contribution < -0.4 is 23.7 Å². The lowest BCUT2D eigenvalue weighted by Gasteiger charge is -2.15. The molecule has 3 aromatic carbocycles. The molecule has 0 saturated carbocycles. The van der Waals surface area contributed by atoms with Crippen molar-refractivity contribution in [3.05, 3.63) is 42.0 Å². The third kappa shape index (κ3) is 2.37. The van der Waals surface area contributed by atoms with Crippen molar-refractivity contribution < 1.29 is 28.5 Å². The summed E-state index contributed by atoms with van der Waals surface area (Å²) in [5.41, 5.74) is 2.56. The number of esters is 1. The third-order valence-electron chi connectivity index (χ3n) is 4.89. The summed E-state index contributed by atoms with van der Waals surface area (Å²) in [6.07, 6.45) is 0.247. The van der Waals surface area contributed by atoms with Gasteiger partial charge in [-0.3, -0.25) is 4.79 Å². The van der Waals surface area contributed by atoms with Gasteiger partial charge in [-0.2, -0.15) is 0 Å². The Morgan fingerprint density at radius 2 is 1.70 bits per heavy atom. The van der Waals surface area contributed by atoms with E-state index < -0.39 is 0 Å². The number of rotatable bonds is 3. The third-order valence-corrected chi connectivity index (χ3v) is 4.89. The Hall–Kier alpha value is -3.41. The molecule has 0 spiro atoms. The first kappa shape index (κ1) is 15.8. The highest BCUT2D eigenvalue weighted by molar-refractivity contribution is 6.05. The number of hydrogen-bond donors (Lipinski definition) is 0. The van der Waals surface area contributed by atoms with Gasteiger partial charge in [-0.25, -0.2) is 0 Å². The summed E-state index contributed by atoms with van der Waals surface area (Å²) in [7, 11) is 3.19. The molecule has 0 aromatic heterocycles. The summed E-state index contributed by atoms with van der Waals surface area (Å²) in [6, 6.07) is 11.5. The van der Waals surface area contributed by atoms with Crippen LogP contribution in [0.15, 0.2) is 36.4 Å². The molecule has 2 aliphatic rings. The SMILES string of the molecule is COc1cc2cc3c(c(-c4ccc5c(c4)OCO5)c2cc1OC)OC(=O)C3. The van der Waals surface area contributed by atoms with Crippen LogP contribution in [-0.2, 0) is 11.2 Å². The number of methoxy groups -OCH3 is 2. The van der Waals surface area contributed by atoms with E-state index in [0.717, 1.165) is 27.5 Å². The maximum absolute atomic E-state index is 12.0. The van der Waals surface area contributed by atoms with Crippen molar-refractivity contribution in [2.24, 2.45) is 0 Å². The number of carbonyl (C=O) groups is 1. The second kappa shape index (κ2) is 5.81. The Kier molecular flexibility index (Phi) is 3.40. The molecule has 0 radical (unpaired) electrons. The topological polar surface area (TPSA) is 63.2 Å². The number of benzene rings is 3. The van der Waals surface area contributed by atoms with Crippen molar-refractivity contribution in [1.29, 1.82) is 0 Å². The molecule has 2 aliphatic heterocycles. The van der Waals surface area contributed by atoms with Gasteiger partial charge < -0.3 is 23.7 Å². The van der Waals surface area contributed by atoms with Crippen LogP contribution in [0.1, 0.15) is 5.56 Å². The standard InChI is InChI=1S/C21H16O6/c1-23-16-7-12-5-13-8-19(22)27-21(13)20(14(12)9-17(16)24-2)11-3-4-15-18(6-11)26-10-25-15/h3-7,9H,8,10H2,1-2H3.